The molecule has 0 saturated carbocycles. The Labute approximate surface area is 183 Å². The van der Waals surface area contributed by atoms with E-state index in [0.29, 0.717) is 5.92 Å². The van der Waals surface area contributed by atoms with Crippen LogP contribution in [0.5, 0.6) is 0 Å². The average Bonchev–Trinajstić information content (AvgIpc) is 3.41. The number of amides is 1. The number of fused-ring (bicyclic) bond motifs is 2. The lowest BCUT2D eigenvalue weighted by molar-refractivity contribution is -0.118. The van der Waals surface area contributed by atoms with Crippen LogP contribution in [0.4, 0.5) is 11.4 Å². The highest BCUT2D eigenvalue weighted by Crippen LogP contribution is 2.39. The second kappa shape index (κ2) is 8.27. The van der Waals surface area contributed by atoms with Crippen LogP contribution in [-0.2, 0) is 4.79 Å². The Hall–Kier alpha value is -2.99. The van der Waals surface area contributed by atoms with Crippen LogP contribution in [0.1, 0.15) is 24.8 Å². The number of nitrogens with one attached hydrogen (secondary N) is 1. The van der Waals surface area contributed by atoms with Crippen molar-refractivity contribution in [1.82, 2.24) is 9.88 Å². The number of hydrogen-bond donors (Lipinski definition) is 2. The molecule has 3 aromatic rings. The van der Waals surface area contributed by atoms with Gasteiger partial charge in [-0.15, -0.1) is 0 Å². The zero-order valence-electron chi connectivity index (χ0n) is 18.1. The monoisotopic (exact) mass is 417 g/mol. The first-order valence-electron chi connectivity index (χ1n) is 11.3. The Morgan fingerprint density at radius 1 is 1.13 bits per heavy atom. The Kier molecular flexibility index (Phi) is 5.32. The topological polar surface area (TPSA) is 68.6 Å². The maximum atomic E-state index is 11.8. The van der Waals surface area contributed by atoms with Crippen molar-refractivity contribution >= 4 is 28.2 Å². The molecule has 6 nitrogen and oxygen atoms in total. The second-order valence-corrected chi connectivity index (χ2v) is 8.85. The molecule has 3 N–H and O–H groups in total. The van der Waals surface area contributed by atoms with Gasteiger partial charge in [0.2, 0.25) is 5.91 Å². The van der Waals surface area contributed by atoms with Gasteiger partial charge in [0, 0.05) is 67.1 Å². The van der Waals surface area contributed by atoms with E-state index in [0.717, 1.165) is 45.7 Å². The van der Waals surface area contributed by atoms with E-state index in [9.17, 15) is 4.79 Å². The molecule has 1 amide bonds. The minimum atomic E-state index is -0.271. The van der Waals surface area contributed by atoms with Gasteiger partial charge in [-0.1, -0.05) is 18.2 Å². The number of piperazine rings is 1. The number of primary amides is 1. The number of H-pyrrole nitrogens is 1. The van der Waals surface area contributed by atoms with Gasteiger partial charge in [-0.2, -0.15) is 0 Å². The van der Waals surface area contributed by atoms with Gasteiger partial charge in [-0.3, -0.25) is 9.69 Å². The molecule has 3 heterocycles. The van der Waals surface area contributed by atoms with Crippen molar-refractivity contribution in [3.05, 3.63) is 60.3 Å². The van der Waals surface area contributed by atoms with Crippen LogP contribution in [0.2, 0.25) is 0 Å². The molecule has 0 bridgehead atoms. The van der Waals surface area contributed by atoms with Crippen LogP contribution in [0.3, 0.4) is 0 Å². The van der Waals surface area contributed by atoms with Gasteiger partial charge >= 0.3 is 0 Å². The molecule has 1 saturated heterocycles. The second-order valence-electron chi connectivity index (χ2n) is 8.85. The van der Waals surface area contributed by atoms with Crippen molar-refractivity contribution in [3.63, 3.8) is 0 Å². The largest absolute Gasteiger partial charge is 0.369 e. The van der Waals surface area contributed by atoms with E-state index >= 15 is 0 Å². The highest BCUT2D eigenvalue weighted by molar-refractivity contribution is 5.84. The first kappa shape index (κ1) is 19.9. The normalized spacial score (nSPS) is 20.2. The maximum absolute atomic E-state index is 11.8. The zero-order valence-corrected chi connectivity index (χ0v) is 18.1. The molecule has 2 aliphatic heterocycles. The highest BCUT2D eigenvalue weighted by atomic mass is 16.1. The minimum Gasteiger partial charge on any atom is -0.369 e. The number of aromatic amines is 1. The Balaban J connectivity index is 1.18. The molecule has 31 heavy (non-hydrogen) atoms. The molecule has 0 aliphatic carbocycles. The minimum absolute atomic E-state index is 0.260. The van der Waals surface area contributed by atoms with Crippen molar-refractivity contribution in [3.8, 4) is 0 Å². The molecular weight excluding hydrogens is 386 g/mol. The van der Waals surface area contributed by atoms with Crippen LogP contribution in [0, 0.1) is 0 Å². The molecule has 2 aliphatic rings. The number of rotatable bonds is 6. The molecule has 162 valence electrons. The number of carbonyl (C=O) groups excluding carboxylic acids is 1. The van der Waals surface area contributed by atoms with Crippen molar-refractivity contribution in [2.45, 2.75) is 25.3 Å². The van der Waals surface area contributed by atoms with Crippen molar-refractivity contribution in [1.29, 1.82) is 0 Å². The smallest absolute Gasteiger partial charge is 0.239 e. The number of nitrogens with zero attached hydrogens (tertiary/aromatic N) is 3. The third-order valence-corrected chi connectivity index (χ3v) is 7.05. The van der Waals surface area contributed by atoms with Gasteiger partial charge in [-0.25, -0.2) is 0 Å². The van der Waals surface area contributed by atoms with E-state index in [4.69, 9.17) is 5.73 Å². The maximum Gasteiger partial charge on any atom is 0.239 e. The highest BCUT2D eigenvalue weighted by Gasteiger charge is 2.33. The fourth-order valence-corrected chi connectivity index (χ4v) is 5.10. The number of aromatic nitrogens is 1. The molecule has 2 aromatic carbocycles. The third-order valence-electron chi connectivity index (χ3n) is 7.05. The Morgan fingerprint density at radius 2 is 1.94 bits per heavy atom. The number of benzene rings is 2. The summed E-state index contributed by atoms with van der Waals surface area (Å²) >= 11 is 0. The average molecular weight is 418 g/mol. The summed E-state index contributed by atoms with van der Waals surface area (Å²) in [5, 5.41) is 1.27. The SMILES string of the molecule is C[C@@H](C(N)=O)N1C[C@@H](CCN2CCN(c3ccc4[nH]ccc4c3)CC2)c2ccccc21. The molecule has 1 aromatic heterocycles. The lowest BCUT2D eigenvalue weighted by Crippen LogP contribution is -2.47. The van der Waals surface area contributed by atoms with Crippen molar-refractivity contribution in [2.24, 2.45) is 5.73 Å². The summed E-state index contributed by atoms with van der Waals surface area (Å²) in [7, 11) is 0. The van der Waals surface area contributed by atoms with Crippen LogP contribution >= 0.6 is 0 Å². The van der Waals surface area contributed by atoms with Crippen LogP contribution < -0.4 is 15.5 Å². The molecule has 6 heteroatoms. The summed E-state index contributed by atoms with van der Waals surface area (Å²) in [6.07, 6.45) is 3.10. The summed E-state index contributed by atoms with van der Waals surface area (Å²) < 4.78 is 0. The van der Waals surface area contributed by atoms with Gasteiger partial charge in [0.25, 0.3) is 0 Å². The summed E-state index contributed by atoms with van der Waals surface area (Å²) in [6.45, 7) is 8.15. The van der Waals surface area contributed by atoms with E-state index < -0.39 is 0 Å². The fourth-order valence-electron chi connectivity index (χ4n) is 5.10. The van der Waals surface area contributed by atoms with Crippen LogP contribution in [0.25, 0.3) is 10.9 Å². The number of hydrogen-bond acceptors (Lipinski definition) is 4. The summed E-state index contributed by atoms with van der Waals surface area (Å²) in [5.74, 6) is 0.191. The number of para-hydroxylation sites is 1. The predicted molar refractivity (Wildman–Crippen MR) is 127 cm³/mol. The van der Waals surface area contributed by atoms with Gasteiger partial charge in [0.1, 0.15) is 6.04 Å². The van der Waals surface area contributed by atoms with Crippen LogP contribution in [-0.4, -0.2) is 61.1 Å². The van der Waals surface area contributed by atoms with Gasteiger partial charge in [-0.05, 0) is 55.8 Å². The van der Waals surface area contributed by atoms with E-state index in [2.05, 4.69) is 62.1 Å². The van der Waals surface area contributed by atoms with E-state index in [1.165, 1.54) is 27.8 Å². The Bertz CT molecular complexity index is 1070. The fraction of sp³-hybridized carbons (Fsp3) is 0.400. The lowest BCUT2D eigenvalue weighted by atomic mass is 9.97. The van der Waals surface area contributed by atoms with Gasteiger partial charge < -0.3 is 20.5 Å². The standard InChI is InChI=1S/C25H31N5O/c1-18(25(26)31)30-17-20(22-4-2-3-5-24(22)30)9-11-28-12-14-29(15-13-28)21-6-7-23-19(16-21)8-10-27-23/h2-8,10,16,18,20,27H,9,11-15,17H2,1H3,(H2,26,31)/t18-,20+/m0/s1. The predicted octanol–water partition coefficient (Wildman–Crippen LogP) is 3.16. The van der Waals surface area contributed by atoms with E-state index in [1.54, 1.807) is 0 Å². The summed E-state index contributed by atoms with van der Waals surface area (Å²) in [6, 6.07) is 17.0. The van der Waals surface area contributed by atoms with Gasteiger partial charge in [0.05, 0.1) is 0 Å². The quantitative estimate of drug-likeness (QED) is 0.647. The van der Waals surface area contributed by atoms with Crippen molar-refractivity contribution in [2.75, 3.05) is 49.1 Å². The van der Waals surface area contributed by atoms with E-state index in [1.807, 2.05) is 19.2 Å². The number of nitrogens with two attached hydrogens (primary N) is 1. The Morgan fingerprint density at radius 3 is 2.74 bits per heavy atom. The van der Waals surface area contributed by atoms with Crippen LogP contribution in [0.15, 0.2) is 54.7 Å². The zero-order chi connectivity index (χ0) is 21.4. The molecule has 1 fully saturated rings. The third kappa shape index (κ3) is 3.88. The number of anilines is 2. The first-order chi connectivity index (χ1) is 15.1. The molecule has 2 atom stereocenters. The first-order valence-corrected chi connectivity index (χ1v) is 11.3. The molecule has 0 unspecified atom stereocenters. The van der Waals surface area contributed by atoms with E-state index in [-0.39, 0.29) is 11.9 Å². The molecule has 0 spiro atoms. The summed E-state index contributed by atoms with van der Waals surface area (Å²) in [4.78, 5) is 22.3. The molecule has 5 rings (SSSR count). The van der Waals surface area contributed by atoms with Gasteiger partial charge in [0.15, 0.2) is 0 Å². The molecule has 0 radical (unpaired) electrons. The summed E-state index contributed by atoms with van der Waals surface area (Å²) in [5.41, 5.74) is 10.6. The molecular formula is C25H31N5O. The lowest BCUT2D eigenvalue weighted by Gasteiger charge is -2.36. The van der Waals surface area contributed by atoms with Crippen molar-refractivity contribution < 1.29 is 4.79 Å². The number of carbonyl (C=O) groups is 1.